The van der Waals surface area contributed by atoms with Crippen molar-refractivity contribution in [3.05, 3.63) is 22.2 Å². The zero-order valence-electron chi connectivity index (χ0n) is 10.8. The first-order chi connectivity index (χ1) is 8.16. The van der Waals surface area contributed by atoms with Gasteiger partial charge in [0.1, 0.15) is 0 Å². The van der Waals surface area contributed by atoms with Gasteiger partial charge in [-0.2, -0.15) is 0 Å². The summed E-state index contributed by atoms with van der Waals surface area (Å²) in [5.74, 6) is -0.148. The first-order valence-corrected chi connectivity index (χ1v) is 6.44. The number of rotatable bonds is 1. The highest BCUT2D eigenvalue weighted by Crippen LogP contribution is 2.38. The minimum atomic E-state index is -0.606. The van der Waals surface area contributed by atoms with E-state index in [0.29, 0.717) is 5.46 Å². The van der Waals surface area contributed by atoms with Gasteiger partial charge in [-0.3, -0.25) is 0 Å². The standard InChI is InChI=1S/C12H15BCl2O3/c1-11(2)12(3,4)18-13(17-11)7-5-6-8(14)10(16)9(7)15/h5-6,16H,1-4H3. The van der Waals surface area contributed by atoms with Crippen LogP contribution in [0.1, 0.15) is 27.7 Å². The molecule has 3 nitrogen and oxygen atoms in total. The summed E-state index contributed by atoms with van der Waals surface area (Å²) in [6.45, 7) is 7.82. The summed E-state index contributed by atoms with van der Waals surface area (Å²) in [6, 6.07) is 3.27. The highest BCUT2D eigenvalue weighted by molar-refractivity contribution is 6.66. The Labute approximate surface area is 117 Å². The summed E-state index contributed by atoms with van der Waals surface area (Å²) < 4.78 is 11.7. The van der Waals surface area contributed by atoms with E-state index in [1.165, 1.54) is 0 Å². The molecule has 1 aromatic carbocycles. The van der Waals surface area contributed by atoms with Crippen LogP contribution in [0, 0.1) is 0 Å². The average molecular weight is 289 g/mol. The van der Waals surface area contributed by atoms with Gasteiger partial charge in [-0.1, -0.05) is 29.3 Å². The van der Waals surface area contributed by atoms with Crippen molar-refractivity contribution in [1.29, 1.82) is 0 Å². The Morgan fingerprint density at radius 2 is 1.56 bits per heavy atom. The van der Waals surface area contributed by atoms with E-state index >= 15 is 0 Å². The van der Waals surface area contributed by atoms with E-state index in [1.54, 1.807) is 12.1 Å². The largest absolute Gasteiger partial charge is 0.505 e. The second-order valence-corrected chi connectivity index (χ2v) is 6.17. The number of hydrogen-bond acceptors (Lipinski definition) is 3. The maximum atomic E-state index is 9.73. The zero-order valence-corrected chi connectivity index (χ0v) is 12.3. The number of benzene rings is 1. The fraction of sp³-hybridized carbons (Fsp3) is 0.500. The second kappa shape index (κ2) is 4.31. The van der Waals surface area contributed by atoms with Crippen molar-refractivity contribution >= 4 is 35.8 Å². The van der Waals surface area contributed by atoms with Crippen LogP contribution >= 0.6 is 23.2 Å². The fourth-order valence-corrected chi connectivity index (χ4v) is 2.17. The van der Waals surface area contributed by atoms with Gasteiger partial charge >= 0.3 is 7.12 Å². The van der Waals surface area contributed by atoms with Crippen LogP contribution in [0.4, 0.5) is 0 Å². The van der Waals surface area contributed by atoms with Crippen LogP contribution in [-0.4, -0.2) is 23.4 Å². The van der Waals surface area contributed by atoms with Crippen molar-refractivity contribution in [2.45, 2.75) is 38.9 Å². The summed E-state index contributed by atoms with van der Waals surface area (Å²) in [7, 11) is -0.606. The molecule has 1 aliphatic heterocycles. The van der Waals surface area contributed by atoms with Crippen molar-refractivity contribution in [2.75, 3.05) is 0 Å². The van der Waals surface area contributed by atoms with E-state index in [4.69, 9.17) is 32.5 Å². The lowest BCUT2D eigenvalue weighted by Crippen LogP contribution is -2.41. The molecule has 0 radical (unpaired) electrons. The molecule has 0 unspecified atom stereocenters. The Morgan fingerprint density at radius 3 is 2.06 bits per heavy atom. The predicted octanol–water partition coefficient (Wildman–Crippen LogP) is 3.00. The van der Waals surface area contributed by atoms with Crippen molar-refractivity contribution in [3.8, 4) is 5.75 Å². The minimum absolute atomic E-state index is 0.148. The number of halogens is 2. The third-order valence-electron chi connectivity index (χ3n) is 3.60. The molecule has 0 amide bonds. The van der Waals surface area contributed by atoms with Gasteiger partial charge in [0.05, 0.1) is 21.2 Å². The van der Waals surface area contributed by atoms with Gasteiger partial charge in [-0.15, -0.1) is 0 Å². The molecule has 1 N–H and O–H groups in total. The molecule has 1 aromatic rings. The Balaban J connectivity index is 2.39. The molecule has 0 bridgehead atoms. The Bertz CT molecular complexity index is 472. The highest BCUT2D eigenvalue weighted by atomic mass is 35.5. The minimum Gasteiger partial charge on any atom is -0.505 e. The summed E-state index contributed by atoms with van der Waals surface area (Å²) in [4.78, 5) is 0. The third-order valence-corrected chi connectivity index (χ3v) is 4.31. The maximum Gasteiger partial charge on any atom is 0.496 e. The summed E-state index contributed by atoms with van der Waals surface area (Å²) >= 11 is 11.9. The van der Waals surface area contributed by atoms with E-state index in [0.717, 1.165) is 0 Å². The summed E-state index contributed by atoms with van der Waals surface area (Å²) in [6.07, 6.45) is 0. The molecule has 98 valence electrons. The second-order valence-electron chi connectivity index (χ2n) is 5.39. The van der Waals surface area contributed by atoms with E-state index in [1.807, 2.05) is 27.7 Å². The van der Waals surface area contributed by atoms with E-state index in [2.05, 4.69) is 0 Å². The first kappa shape index (κ1) is 14.0. The number of phenols is 1. The van der Waals surface area contributed by atoms with E-state index in [-0.39, 0.29) is 15.8 Å². The molecule has 0 spiro atoms. The Hall–Kier alpha value is -0.415. The topological polar surface area (TPSA) is 38.7 Å². The Morgan fingerprint density at radius 1 is 1.06 bits per heavy atom. The SMILES string of the molecule is CC1(C)OB(c2ccc(Cl)c(O)c2Cl)OC1(C)C. The van der Waals surface area contributed by atoms with Crippen molar-refractivity contribution < 1.29 is 14.4 Å². The fourth-order valence-electron chi connectivity index (χ4n) is 1.71. The maximum absolute atomic E-state index is 9.73. The monoisotopic (exact) mass is 288 g/mol. The predicted molar refractivity (Wildman–Crippen MR) is 73.8 cm³/mol. The van der Waals surface area contributed by atoms with E-state index in [9.17, 15) is 5.11 Å². The van der Waals surface area contributed by atoms with Crippen LogP contribution in [0.2, 0.25) is 10.0 Å². The van der Waals surface area contributed by atoms with Crippen LogP contribution in [0.3, 0.4) is 0 Å². The molecule has 1 aliphatic rings. The number of phenolic OH excluding ortho intramolecular Hbond substituents is 1. The van der Waals surface area contributed by atoms with Gasteiger partial charge in [-0.25, -0.2) is 0 Å². The molecule has 0 aliphatic carbocycles. The summed E-state index contributed by atoms with van der Waals surface area (Å²) in [5.41, 5.74) is -0.316. The van der Waals surface area contributed by atoms with Gasteiger partial charge in [0.15, 0.2) is 5.75 Å². The van der Waals surface area contributed by atoms with Gasteiger partial charge in [0, 0.05) is 5.46 Å². The van der Waals surface area contributed by atoms with Crippen molar-refractivity contribution in [3.63, 3.8) is 0 Å². The van der Waals surface area contributed by atoms with Crippen LogP contribution in [-0.2, 0) is 9.31 Å². The molecule has 0 saturated carbocycles. The normalized spacial score (nSPS) is 21.3. The zero-order chi connectivity index (χ0) is 13.7. The molecular weight excluding hydrogens is 274 g/mol. The Kier molecular flexibility index (Phi) is 3.35. The molecule has 0 atom stereocenters. The summed E-state index contributed by atoms with van der Waals surface area (Å²) in [5, 5.41) is 10.1. The first-order valence-electron chi connectivity index (χ1n) is 5.68. The van der Waals surface area contributed by atoms with Crippen LogP contribution in [0.5, 0.6) is 5.75 Å². The molecule has 6 heteroatoms. The van der Waals surface area contributed by atoms with Crippen LogP contribution in [0.25, 0.3) is 0 Å². The van der Waals surface area contributed by atoms with Crippen molar-refractivity contribution in [2.24, 2.45) is 0 Å². The lowest BCUT2D eigenvalue weighted by Gasteiger charge is -2.32. The lowest BCUT2D eigenvalue weighted by molar-refractivity contribution is 0.00578. The smallest absolute Gasteiger partial charge is 0.496 e. The van der Waals surface area contributed by atoms with Crippen molar-refractivity contribution in [1.82, 2.24) is 0 Å². The molecule has 18 heavy (non-hydrogen) atoms. The molecular formula is C12H15BCl2O3. The average Bonchev–Trinajstić information content (AvgIpc) is 2.45. The molecule has 1 saturated heterocycles. The van der Waals surface area contributed by atoms with Gasteiger partial charge in [0.25, 0.3) is 0 Å². The number of aromatic hydroxyl groups is 1. The van der Waals surface area contributed by atoms with Crippen LogP contribution in [0.15, 0.2) is 12.1 Å². The molecule has 1 fully saturated rings. The van der Waals surface area contributed by atoms with E-state index < -0.39 is 18.3 Å². The molecule has 1 heterocycles. The number of hydrogen-bond donors (Lipinski definition) is 1. The van der Waals surface area contributed by atoms with Gasteiger partial charge in [-0.05, 0) is 33.8 Å². The molecule has 2 rings (SSSR count). The molecule has 0 aromatic heterocycles. The quantitative estimate of drug-likeness (QED) is 0.808. The third kappa shape index (κ3) is 2.12. The highest BCUT2D eigenvalue weighted by Gasteiger charge is 2.52. The van der Waals surface area contributed by atoms with Crippen LogP contribution < -0.4 is 5.46 Å². The van der Waals surface area contributed by atoms with Gasteiger partial charge in [0.2, 0.25) is 0 Å². The lowest BCUT2D eigenvalue weighted by atomic mass is 9.79. The van der Waals surface area contributed by atoms with Gasteiger partial charge < -0.3 is 14.4 Å².